The zero-order valence-electron chi connectivity index (χ0n) is 11.4. The molecule has 2 aromatic rings. The second-order valence-electron chi connectivity index (χ2n) is 4.31. The van der Waals surface area contributed by atoms with E-state index in [0.717, 1.165) is 5.56 Å². The minimum absolute atomic E-state index is 0.00637. The molecule has 0 aliphatic rings. The van der Waals surface area contributed by atoms with Gasteiger partial charge in [0.05, 0.1) is 18.2 Å². The zero-order chi connectivity index (χ0) is 15.2. The van der Waals surface area contributed by atoms with Gasteiger partial charge in [-0.05, 0) is 35.9 Å². The van der Waals surface area contributed by atoms with Gasteiger partial charge in [-0.2, -0.15) is 0 Å². The molecule has 2 rings (SSSR count). The van der Waals surface area contributed by atoms with E-state index >= 15 is 0 Å². The molecule has 0 aliphatic carbocycles. The van der Waals surface area contributed by atoms with Crippen LogP contribution in [0.4, 0.5) is 0 Å². The third kappa shape index (κ3) is 3.82. The Balaban J connectivity index is 1.97. The van der Waals surface area contributed by atoms with Crippen molar-refractivity contribution in [2.45, 2.75) is 6.61 Å². The summed E-state index contributed by atoms with van der Waals surface area (Å²) in [7, 11) is 1.31. The Morgan fingerprint density at radius 3 is 2.33 bits per heavy atom. The Morgan fingerprint density at radius 2 is 1.71 bits per heavy atom. The van der Waals surface area contributed by atoms with Crippen molar-refractivity contribution < 1.29 is 24.2 Å². The van der Waals surface area contributed by atoms with Gasteiger partial charge in [-0.15, -0.1) is 0 Å². The smallest absolute Gasteiger partial charge is 0.338 e. The Hall–Kier alpha value is -2.82. The fourth-order valence-electron chi connectivity index (χ4n) is 1.72. The summed E-state index contributed by atoms with van der Waals surface area (Å²) in [4.78, 5) is 23.1. The molecule has 0 bridgehead atoms. The van der Waals surface area contributed by atoms with Gasteiger partial charge in [0.2, 0.25) is 0 Å². The molecule has 5 heteroatoms. The number of methoxy groups -OCH3 is 1. The highest BCUT2D eigenvalue weighted by Crippen LogP contribution is 2.13. The maximum absolute atomic E-state index is 11.8. The summed E-state index contributed by atoms with van der Waals surface area (Å²) >= 11 is 0. The van der Waals surface area contributed by atoms with E-state index in [1.807, 2.05) is 0 Å². The van der Waals surface area contributed by atoms with Gasteiger partial charge in [0.25, 0.3) is 0 Å². The lowest BCUT2D eigenvalue weighted by Gasteiger charge is -2.06. The number of benzene rings is 2. The molecule has 0 aromatic heterocycles. The van der Waals surface area contributed by atoms with Crippen molar-refractivity contribution >= 4 is 11.9 Å². The third-order valence-corrected chi connectivity index (χ3v) is 2.83. The standard InChI is InChI=1S/C16H14O5/c1-20-15(18)12-7-5-11(6-8-12)10-21-16(19)13-3-2-4-14(17)9-13/h2-9,17H,10H2,1H3. The molecule has 108 valence electrons. The van der Waals surface area contributed by atoms with Crippen LogP contribution in [0.15, 0.2) is 48.5 Å². The van der Waals surface area contributed by atoms with Gasteiger partial charge in [-0.3, -0.25) is 0 Å². The van der Waals surface area contributed by atoms with Crippen LogP contribution in [0.1, 0.15) is 26.3 Å². The molecule has 2 aromatic carbocycles. The van der Waals surface area contributed by atoms with Crippen molar-refractivity contribution in [3.05, 3.63) is 65.2 Å². The summed E-state index contributed by atoms with van der Waals surface area (Å²) in [6, 6.07) is 12.5. The number of rotatable bonds is 4. The first-order valence-corrected chi connectivity index (χ1v) is 6.23. The molecule has 0 atom stereocenters. The number of carbonyl (C=O) groups excluding carboxylic acids is 2. The number of hydrogen-bond donors (Lipinski definition) is 1. The molecular weight excluding hydrogens is 272 g/mol. The first kappa shape index (κ1) is 14.6. The molecule has 0 saturated heterocycles. The molecule has 0 aliphatic heterocycles. The van der Waals surface area contributed by atoms with Gasteiger partial charge in [0.1, 0.15) is 12.4 Å². The predicted octanol–water partition coefficient (Wildman–Crippen LogP) is 2.54. The quantitative estimate of drug-likeness (QED) is 0.874. The van der Waals surface area contributed by atoms with Crippen LogP contribution in [0.5, 0.6) is 5.75 Å². The average molecular weight is 286 g/mol. The van der Waals surface area contributed by atoms with E-state index in [0.29, 0.717) is 5.56 Å². The van der Waals surface area contributed by atoms with Crippen molar-refractivity contribution in [2.24, 2.45) is 0 Å². The number of esters is 2. The number of ether oxygens (including phenoxy) is 2. The SMILES string of the molecule is COC(=O)c1ccc(COC(=O)c2cccc(O)c2)cc1. The van der Waals surface area contributed by atoms with E-state index in [1.54, 1.807) is 36.4 Å². The highest BCUT2D eigenvalue weighted by Gasteiger charge is 2.09. The molecule has 0 saturated carbocycles. The van der Waals surface area contributed by atoms with Crippen molar-refractivity contribution in [3.8, 4) is 5.75 Å². The number of phenolic OH excluding ortho intramolecular Hbond substituents is 1. The van der Waals surface area contributed by atoms with Crippen LogP contribution in [0.2, 0.25) is 0 Å². The van der Waals surface area contributed by atoms with E-state index in [1.165, 1.54) is 19.2 Å². The summed E-state index contributed by atoms with van der Waals surface area (Å²) < 4.78 is 9.72. The van der Waals surface area contributed by atoms with Crippen molar-refractivity contribution in [2.75, 3.05) is 7.11 Å². The largest absolute Gasteiger partial charge is 0.508 e. The molecule has 0 spiro atoms. The summed E-state index contributed by atoms with van der Waals surface area (Å²) in [6.07, 6.45) is 0. The normalized spacial score (nSPS) is 9.95. The Kier molecular flexibility index (Phi) is 4.56. The van der Waals surface area contributed by atoms with Crippen LogP contribution in [-0.2, 0) is 16.1 Å². The number of phenols is 1. The first-order valence-electron chi connectivity index (χ1n) is 6.23. The topological polar surface area (TPSA) is 72.8 Å². The van der Waals surface area contributed by atoms with Crippen molar-refractivity contribution in [1.82, 2.24) is 0 Å². The molecule has 0 unspecified atom stereocenters. The average Bonchev–Trinajstić information content (AvgIpc) is 2.52. The van der Waals surface area contributed by atoms with Gasteiger partial charge in [0, 0.05) is 0 Å². The molecule has 0 heterocycles. The maximum Gasteiger partial charge on any atom is 0.338 e. The second kappa shape index (κ2) is 6.56. The minimum Gasteiger partial charge on any atom is -0.508 e. The molecule has 1 N–H and O–H groups in total. The molecule has 21 heavy (non-hydrogen) atoms. The van der Waals surface area contributed by atoms with Gasteiger partial charge >= 0.3 is 11.9 Å². The first-order chi connectivity index (χ1) is 10.1. The lowest BCUT2D eigenvalue weighted by molar-refractivity contribution is 0.0471. The van der Waals surface area contributed by atoms with Crippen molar-refractivity contribution in [3.63, 3.8) is 0 Å². The van der Waals surface area contributed by atoms with Crippen LogP contribution in [0.25, 0.3) is 0 Å². The third-order valence-electron chi connectivity index (χ3n) is 2.83. The number of carbonyl (C=O) groups is 2. The van der Waals surface area contributed by atoms with Crippen LogP contribution < -0.4 is 0 Å². The van der Waals surface area contributed by atoms with Gasteiger partial charge < -0.3 is 14.6 Å². The Labute approximate surface area is 121 Å². The summed E-state index contributed by atoms with van der Waals surface area (Å²) in [5.41, 5.74) is 1.46. The van der Waals surface area contributed by atoms with Crippen LogP contribution >= 0.6 is 0 Å². The Bertz CT molecular complexity index is 646. The van der Waals surface area contributed by atoms with E-state index in [-0.39, 0.29) is 17.9 Å². The van der Waals surface area contributed by atoms with Crippen molar-refractivity contribution in [1.29, 1.82) is 0 Å². The van der Waals surface area contributed by atoms with Crippen LogP contribution in [0, 0.1) is 0 Å². The summed E-state index contributed by atoms with van der Waals surface area (Å²) in [5.74, 6) is -0.937. The van der Waals surface area contributed by atoms with E-state index in [2.05, 4.69) is 4.74 Å². The molecule has 0 amide bonds. The highest BCUT2D eigenvalue weighted by molar-refractivity contribution is 5.90. The van der Waals surface area contributed by atoms with E-state index in [4.69, 9.17) is 4.74 Å². The van der Waals surface area contributed by atoms with Gasteiger partial charge in [-0.1, -0.05) is 18.2 Å². The minimum atomic E-state index is -0.525. The second-order valence-corrected chi connectivity index (χ2v) is 4.31. The highest BCUT2D eigenvalue weighted by atomic mass is 16.5. The maximum atomic E-state index is 11.8. The number of hydrogen-bond acceptors (Lipinski definition) is 5. The predicted molar refractivity (Wildman–Crippen MR) is 75.0 cm³/mol. The lowest BCUT2D eigenvalue weighted by atomic mass is 10.1. The van der Waals surface area contributed by atoms with Crippen LogP contribution in [0.3, 0.4) is 0 Å². The molecular formula is C16H14O5. The fraction of sp³-hybridized carbons (Fsp3) is 0.125. The van der Waals surface area contributed by atoms with Gasteiger partial charge in [-0.25, -0.2) is 9.59 Å². The monoisotopic (exact) mass is 286 g/mol. The van der Waals surface area contributed by atoms with E-state index in [9.17, 15) is 14.7 Å². The van der Waals surface area contributed by atoms with E-state index < -0.39 is 11.9 Å². The lowest BCUT2D eigenvalue weighted by Crippen LogP contribution is -2.05. The zero-order valence-corrected chi connectivity index (χ0v) is 11.4. The molecule has 0 fully saturated rings. The summed E-state index contributed by atoms with van der Waals surface area (Å²) in [5, 5.41) is 9.30. The fourth-order valence-corrected chi connectivity index (χ4v) is 1.72. The number of aromatic hydroxyl groups is 1. The summed E-state index contributed by atoms with van der Waals surface area (Å²) in [6.45, 7) is 0.0793. The molecule has 0 radical (unpaired) electrons. The van der Waals surface area contributed by atoms with Gasteiger partial charge in [0.15, 0.2) is 0 Å². The Morgan fingerprint density at radius 1 is 1.00 bits per heavy atom. The van der Waals surface area contributed by atoms with Crippen LogP contribution in [-0.4, -0.2) is 24.2 Å². The molecule has 5 nitrogen and oxygen atoms in total.